The third kappa shape index (κ3) is 6.70. The predicted molar refractivity (Wildman–Crippen MR) is 124 cm³/mol. The van der Waals surface area contributed by atoms with Crippen LogP contribution in [0.4, 0.5) is 4.79 Å². The van der Waals surface area contributed by atoms with Crippen molar-refractivity contribution in [2.75, 3.05) is 26.2 Å². The van der Waals surface area contributed by atoms with Crippen LogP contribution in [0.15, 0.2) is 42.5 Å². The molecule has 1 saturated heterocycles. The van der Waals surface area contributed by atoms with Gasteiger partial charge >= 0.3 is 6.09 Å². The Bertz CT molecular complexity index is 962. The van der Waals surface area contributed by atoms with E-state index in [2.05, 4.69) is 10.6 Å². The van der Waals surface area contributed by atoms with Crippen LogP contribution < -0.4 is 10.6 Å². The average molecular weight is 440 g/mol. The number of nitrogens with one attached hydrogen (secondary N) is 2. The van der Waals surface area contributed by atoms with Crippen molar-refractivity contribution < 1.29 is 19.1 Å². The normalized spacial score (nSPS) is 16.5. The van der Waals surface area contributed by atoms with Crippen molar-refractivity contribution in [3.05, 3.63) is 48.0 Å². The van der Waals surface area contributed by atoms with Gasteiger partial charge in [0.2, 0.25) is 11.8 Å². The van der Waals surface area contributed by atoms with Gasteiger partial charge in [-0.05, 0) is 49.9 Å². The maximum Gasteiger partial charge on any atom is 0.407 e. The first kappa shape index (κ1) is 23.6. The van der Waals surface area contributed by atoms with Crippen LogP contribution in [0, 0.1) is 5.92 Å². The first-order valence-electron chi connectivity index (χ1n) is 11.2. The minimum Gasteiger partial charge on any atom is -0.444 e. The molecule has 0 aromatic heterocycles. The number of ether oxygens (including phenoxy) is 1. The maximum absolute atomic E-state index is 13.0. The van der Waals surface area contributed by atoms with E-state index in [1.165, 1.54) is 0 Å². The number of fused-ring (bicyclic) bond motifs is 1. The summed E-state index contributed by atoms with van der Waals surface area (Å²) in [4.78, 5) is 39.0. The molecule has 0 radical (unpaired) electrons. The highest BCUT2D eigenvalue weighted by Gasteiger charge is 2.28. The highest BCUT2D eigenvalue weighted by Crippen LogP contribution is 2.22. The number of piperidine rings is 1. The minimum atomic E-state index is -0.558. The molecule has 2 aromatic carbocycles. The fraction of sp³-hybridized carbons (Fsp3) is 0.480. The van der Waals surface area contributed by atoms with Crippen LogP contribution in [-0.4, -0.2) is 54.6 Å². The number of nitrogens with zero attached hydrogens (tertiary/aromatic N) is 1. The second-order valence-corrected chi connectivity index (χ2v) is 9.21. The molecule has 2 aromatic rings. The number of hydrogen-bond acceptors (Lipinski definition) is 4. The summed E-state index contributed by atoms with van der Waals surface area (Å²) in [5.41, 5.74) is 0.449. The third-order valence-electron chi connectivity index (χ3n) is 5.46. The number of carbonyl (C=O) groups is 3. The highest BCUT2D eigenvalue weighted by molar-refractivity contribution is 5.90. The Balaban J connectivity index is 1.47. The fourth-order valence-electron chi connectivity index (χ4n) is 3.95. The van der Waals surface area contributed by atoms with E-state index in [0.717, 1.165) is 29.2 Å². The molecular formula is C25H33N3O4. The van der Waals surface area contributed by atoms with Gasteiger partial charge in [0.15, 0.2) is 0 Å². The lowest BCUT2D eigenvalue weighted by atomic mass is 9.96. The zero-order valence-electron chi connectivity index (χ0n) is 19.1. The van der Waals surface area contributed by atoms with Crippen molar-refractivity contribution in [3.63, 3.8) is 0 Å². The van der Waals surface area contributed by atoms with Crippen LogP contribution in [0.25, 0.3) is 10.8 Å². The van der Waals surface area contributed by atoms with Gasteiger partial charge in [0.05, 0.1) is 12.3 Å². The molecule has 0 saturated carbocycles. The molecule has 1 aliphatic heterocycles. The summed E-state index contributed by atoms with van der Waals surface area (Å²) < 4.78 is 5.17. The molecule has 0 bridgehead atoms. The zero-order valence-corrected chi connectivity index (χ0v) is 19.1. The van der Waals surface area contributed by atoms with Gasteiger partial charge in [0.1, 0.15) is 5.60 Å². The Morgan fingerprint density at radius 1 is 1.03 bits per heavy atom. The van der Waals surface area contributed by atoms with Gasteiger partial charge in [0.25, 0.3) is 0 Å². The number of rotatable bonds is 6. The number of carbonyl (C=O) groups excluding carboxylic acids is 3. The van der Waals surface area contributed by atoms with Crippen molar-refractivity contribution in [2.24, 2.45) is 5.92 Å². The molecule has 0 spiro atoms. The van der Waals surface area contributed by atoms with E-state index in [1.807, 2.05) is 42.5 Å². The van der Waals surface area contributed by atoms with E-state index < -0.39 is 11.7 Å². The molecule has 1 fully saturated rings. The lowest BCUT2D eigenvalue weighted by molar-refractivity contribution is -0.135. The average Bonchev–Trinajstić information content (AvgIpc) is 2.75. The summed E-state index contributed by atoms with van der Waals surface area (Å²) in [6.07, 6.45) is 1.38. The van der Waals surface area contributed by atoms with Crippen LogP contribution >= 0.6 is 0 Å². The molecule has 7 nitrogen and oxygen atoms in total. The molecule has 0 aliphatic carbocycles. The molecule has 1 atom stereocenters. The Morgan fingerprint density at radius 2 is 1.75 bits per heavy atom. The quantitative estimate of drug-likeness (QED) is 0.677. The van der Waals surface area contributed by atoms with E-state index in [4.69, 9.17) is 4.74 Å². The fourth-order valence-corrected chi connectivity index (χ4v) is 3.95. The Labute approximate surface area is 189 Å². The summed E-state index contributed by atoms with van der Waals surface area (Å²) in [6.45, 7) is 7.10. The SMILES string of the molecule is CC(C)(C)OC(=O)NCCNC(=O)C1CCCN(C(=O)Cc2cccc3ccccc23)C1. The van der Waals surface area contributed by atoms with Gasteiger partial charge < -0.3 is 20.3 Å². The maximum atomic E-state index is 13.0. The van der Waals surface area contributed by atoms with Crippen molar-refractivity contribution in [3.8, 4) is 0 Å². The van der Waals surface area contributed by atoms with Crippen molar-refractivity contribution >= 4 is 28.7 Å². The molecule has 3 amide bonds. The summed E-state index contributed by atoms with van der Waals surface area (Å²) >= 11 is 0. The first-order valence-corrected chi connectivity index (χ1v) is 11.2. The molecular weight excluding hydrogens is 406 g/mol. The van der Waals surface area contributed by atoms with Crippen LogP contribution in [-0.2, 0) is 20.7 Å². The van der Waals surface area contributed by atoms with E-state index in [9.17, 15) is 14.4 Å². The number of likely N-dealkylation sites (tertiary alicyclic amines) is 1. The standard InChI is InChI=1S/C25H33N3O4/c1-25(2,3)32-24(31)27-14-13-26-23(30)20-11-7-15-28(17-20)22(29)16-19-10-6-9-18-8-4-5-12-21(18)19/h4-6,8-10,12,20H,7,11,13-17H2,1-3H3,(H,26,30)(H,27,31). The Morgan fingerprint density at radius 3 is 2.53 bits per heavy atom. The van der Waals surface area contributed by atoms with Crippen LogP contribution in [0.5, 0.6) is 0 Å². The van der Waals surface area contributed by atoms with E-state index in [1.54, 1.807) is 25.7 Å². The molecule has 7 heteroatoms. The van der Waals surface area contributed by atoms with E-state index in [-0.39, 0.29) is 24.3 Å². The monoisotopic (exact) mass is 439 g/mol. The molecule has 1 aliphatic rings. The van der Waals surface area contributed by atoms with E-state index >= 15 is 0 Å². The van der Waals surface area contributed by atoms with Gasteiger partial charge in [-0.15, -0.1) is 0 Å². The number of benzene rings is 2. The number of hydrogen-bond donors (Lipinski definition) is 2. The second-order valence-electron chi connectivity index (χ2n) is 9.21. The Kier molecular flexibility index (Phi) is 7.72. The zero-order chi connectivity index (χ0) is 23.1. The molecule has 3 rings (SSSR count). The van der Waals surface area contributed by atoms with Crippen LogP contribution in [0.1, 0.15) is 39.2 Å². The molecule has 32 heavy (non-hydrogen) atoms. The van der Waals surface area contributed by atoms with Gasteiger partial charge in [-0.25, -0.2) is 4.79 Å². The van der Waals surface area contributed by atoms with E-state index in [0.29, 0.717) is 26.1 Å². The van der Waals surface area contributed by atoms with Crippen molar-refractivity contribution in [1.82, 2.24) is 15.5 Å². The summed E-state index contributed by atoms with van der Waals surface area (Å²) in [7, 11) is 0. The topological polar surface area (TPSA) is 87.7 Å². The second kappa shape index (κ2) is 10.5. The lowest BCUT2D eigenvalue weighted by Crippen LogP contribution is -2.47. The smallest absolute Gasteiger partial charge is 0.407 e. The van der Waals surface area contributed by atoms with Gasteiger partial charge in [-0.1, -0.05) is 42.5 Å². The Hall–Kier alpha value is -3.09. The van der Waals surface area contributed by atoms with Crippen LogP contribution in [0.2, 0.25) is 0 Å². The summed E-state index contributed by atoms with van der Waals surface area (Å²) in [6, 6.07) is 14.1. The summed E-state index contributed by atoms with van der Waals surface area (Å²) in [5.74, 6) is -0.272. The van der Waals surface area contributed by atoms with Gasteiger partial charge in [-0.2, -0.15) is 0 Å². The number of alkyl carbamates (subject to hydrolysis) is 1. The third-order valence-corrected chi connectivity index (χ3v) is 5.46. The molecule has 2 N–H and O–H groups in total. The van der Waals surface area contributed by atoms with Crippen molar-refractivity contribution in [1.29, 1.82) is 0 Å². The summed E-state index contributed by atoms with van der Waals surface area (Å²) in [5, 5.41) is 7.69. The molecule has 172 valence electrons. The lowest BCUT2D eigenvalue weighted by Gasteiger charge is -2.32. The molecule has 1 unspecified atom stereocenters. The van der Waals surface area contributed by atoms with Gasteiger partial charge in [0, 0.05) is 26.2 Å². The molecule has 1 heterocycles. The highest BCUT2D eigenvalue weighted by atomic mass is 16.6. The predicted octanol–water partition coefficient (Wildman–Crippen LogP) is 3.26. The van der Waals surface area contributed by atoms with Crippen LogP contribution in [0.3, 0.4) is 0 Å². The minimum absolute atomic E-state index is 0.0467. The van der Waals surface area contributed by atoms with Gasteiger partial charge in [-0.3, -0.25) is 9.59 Å². The number of amides is 3. The van der Waals surface area contributed by atoms with Crippen molar-refractivity contribution in [2.45, 2.75) is 45.6 Å². The first-order chi connectivity index (χ1) is 15.2. The largest absolute Gasteiger partial charge is 0.444 e.